The summed E-state index contributed by atoms with van der Waals surface area (Å²) in [6.45, 7) is 4.58. The van der Waals surface area contributed by atoms with Crippen molar-refractivity contribution >= 4 is 5.91 Å². The minimum atomic E-state index is -0.329. The highest BCUT2D eigenvalue weighted by atomic mass is 16.5. The van der Waals surface area contributed by atoms with Crippen LogP contribution in [-0.4, -0.2) is 22.6 Å². The van der Waals surface area contributed by atoms with Crippen molar-refractivity contribution in [2.24, 2.45) is 0 Å². The zero-order valence-corrected chi connectivity index (χ0v) is 13.7. The van der Waals surface area contributed by atoms with E-state index in [0.29, 0.717) is 12.4 Å². The fourth-order valence-electron chi connectivity index (χ4n) is 2.28. The molecule has 5 nitrogen and oxygen atoms in total. The van der Waals surface area contributed by atoms with Crippen molar-refractivity contribution in [3.05, 3.63) is 71.0 Å². The van der Waals surface area contributed by atoms with Crippen molar-refractivity contribution in [3.63, 3.8) is 0 Å². The zero-order valence-electron chi connectivity index (χ0n) is 13.7. The van der Waals surface area contributed by atoms with Crippen LogP contribution in [0.4, 0.5) is 0 Å². The molecule has 24 heavy (non-hydrogen) atoms. The lowest BCUT2D eigenvalue weighted by molar-refractivity contribution is 0.0941. The van der Waals surface area contributed by atoms with Crippen LogP contribution in [0.5, 0.6) is 0 Å². The van der Waals surface area contributed by atoms with Crippen LogP contribution in [0.25, 0.3) is 11.5 Å². The molecule has 1 amide bonds. The number of carbonyl (C=O) groups is 1. The van der Waals surface area contributed by atoms with Crippen LogP contribution in [-0.2, 0) is 6.42 Å². The predicted octanol–water partition coefficient (Wildman–Crippen LogP) is 3.33. The quantitative estimate of drug-likeness (QED) is 0.782. The van der Waals surface area contributed by atoms with E-state index in [9.17, 15) is 4.79 Å². The molecule has 0 aliphatic carbocycles. The van der Waals surface area contributed by atoms with Gasteiger partial charge in [-0.05, 0) is 38.0 Å². The van der Waals surface area contributed by atoms with E-state index in [2.05, 4.69) is 39.7 Å². The lowest BCUT2D eigenvalue weighted by atomic mass is 10.1. The van der Waals surface area contributed by atoms with E-state index in [0.717, 1.165) is 17.5 Å². The summed E-state index contributed by atoms with van der Waals surface area (Å²) in [5, 5.41) is 6.57. The summed E-state index contributed by atoms with van der Waals surface area (Å²) in [4.78, 5) is 16.2. The molecule has 1 heterocycles. The Kier molecular flexibility index (Phi) is 4.70. The molecule has 0 aliphatic rings. The first-order valence-electron chi connectivity index (χ1n) is 7.86. The van der Waals surface area contributed by atoms with Crippen molar-refractivity contribution in [1.82, 2.24) is 15.5 Å². The number of carbonyl (C=O) groups excluding carboxylic acids is 1. The van der Waals surface area contributed by atoms with Crippen LogP contribution < -0.4 is 5.32 Å². The largest absolute Gasteiger partial charge is 0.349 e. The fraction of sp³-hybridized carbons (Fsp3) is 0.211. The Hall–Kier alpha value is -2.95. The molecule has 0 radical (unpaired) electrons. The van der Waals surface area contributed by atoms with E-state index >= 15 is 0 Å². The number of nitrogens with zero attached hydrogens (tertiary/aromatic N) is 2. The SMILES string of the molecule is Cc1ccc(CCNC(=O)c2noc(-c3ccc(C)cc3)n2)cc1. The first kappa shape index (κ1) is 15.9. The molecule has 0 saturated heterocycles. The highest BCUT2D eigenvalue weighted by Gasteiger charge is 2.15. The molecule has 3 rings (SSSR count). The molecule has 0 bridgehead atoms. The maximum Gasteiger partial charge on any atom is 0.292 e. The fourth-order valence-corrected chi connectivity index (χ4v) is 2.28. The average molecular weight is 321 g/mol. The minimum absolute atomic E-state index is 0.0504. The van der Waals surface area contributed by atoms with Gasteiger partial charge in [0.05, 0.1) is 0 Å². The molecule has 0 atom stereocenters. The van der Waals surface area contributed by atoms with Crippen molar-refractivity contribution in [1.29, 1.82) is 0 Å². The highest BCUT2D eigenvalue weighted by molar-refractivity contribution is 5.90. The van der Waals surface area contributed by atoms with Gasteiger partial charge in [0.2, 0.25) is 0 Å². The molecule has 0 spiro atoms. The van der Waals surface area contributed by atoms with Crippen LogP contribution in [0, 0.1) is 13.8 Å². The normalized spacial score (nSPS) is 10.6. The van der Waals surface area contributed by atoms with E-state index < -0.39 is 0 Å². The van der Waals surface area contributed by atoms with Crippen molar-refractivity contribution in [2.75, 3.05) is 6.54 Å². The number of hydrogen-bond donors (Lipinski definition) is 1. The van der Waals surface area contributed by atoms with Crippen LogP contribution in [0.15, 0.2) is 53.1 Å². The van der Waals surface area contributed by atoms with Gasteiger partial charge in [0, 0.05) is 12.1 Å². The molecular formula is C19H19N3O2. The van der Waals surface area contributed by atoms with Gasteiger partial charge in [-0.15, -0.1) is 0 Å². The van der Waals surface area contributed by atoms with Gasteiger partial charge in [-0.1, -0.05) is 52.7 Å². The number of aromatic nitrogens is 2. The summed E-state index contributed by atoms with van der Waals surface area (Å²) in [5.41, 5.74) is 4.34. The molecule has 5 heteroatoms. The van der Waals surface area contributed by atoms with Gasteiger partial charge < -0.3 is 9.84 Å². The maximum atomic E-state index is 12.1. The number of nitrogens with one attached hydrogen (secondary N) is 1. The molecular weight excluding hydrogens is 302 g/mol. The van der Waals surface area contributed by atoms with Gasteiger partial charge in [-0.2, -0.15) is 4.98 Å². The highest BCUT2D eigenvalue weighted by Crippen LogP contribution is 2.17. The first-order chi connectivity index (χ1) is 11.6. The van der Waals surface area contributed by atoms with Crippen LogP contribution >= 0.6 is 0 Å². The van der Waals surface area contributed by atoms with Crippen molar-refractivity contribution in [2.45, 2.75) is 20.3 Å². The molecule has 0 fully saturated rings. The summed E-state index contributed by atoms with van der Waals surface area (Å²) < 4.78 is 5.17. The Balaban J connectivity index is 1.57. The molecule has 2 aromatic carbocycles. The minimum Gasteiger partial charge on any atom is -0.349 e. The van der Waals surface area contributed by atoms with E-state index in [-0.39, 0.29) is 11.7 Å². The van der Waals surface area contributed by atoms with Gasteiger partial charge >= 0.3 is 0 Å². The Morgan fingerprint density at radius 2 is 1.62 bits per heavy atom. The second-order valence-electron chi connectivity index (χ2n) is 5.78. The monoisotopic (exact) mass is 321 g/mol. The Morgan fingerprint density at radius 3 is 2.29 bits per heavy atom. The lowest BCUT2D eigenvalue weighted by Crippen LogP contribution is -2.26. The summed E-state index contributed by atoms with van der Waals surface area (Å²) >= 11 is 0. The van der Waals surface area contributed by atoms with Crippen molar-refractivity contribution < 1.29 is 9.32 Å². The van der Waals surface area contributed by atoms with Crippen LogP contribution in [0.2, 0.25) is 0 Å². The Bertz CT molecular complexity index is 821. The summed E-state index contributed by atoms with van der Waals surface area (Å²) in [6, 6.07) is 15.9. The average Bonchev–Trinajstić information content (AvgIpc) is 3.07. The van der Waals surface area contributed by atoms with E-state index in [4.69, 9.17) is 4.52 Å². The third-order valence-corrected chi connectivity index (χ3v) is 3.75. The van der Waals surface area contributed by atoms with E-state index in [1.165, 1.54) is 11.1 Å². The number of rotatable bonds is 5. The summed E-state index contributed by atoms with van der Waals surface area (Å²) in [6.07, 6.45) is 0.759. The first-order valence-corrected chi connectivity index (χ1v) is 7.86. The third-order valence-electron chi connectivity index (χ3n) is 3.75. The number of benzene rings is 2. The molecule has 1 N–H and O–H groups in total. The maximum absolute atomic E-state index is 12.1. The van der Waals surface area contributed by atoms with E-state index in [1.54, 1.807) is 0 Å². The lowest BCUT2D eigenvalue weighted by Gasteiger charge is -2.03. The predicted molar refractivity (Wildman–Crippen MR) is 91.7 cm³/mol. The smallest absolute Gasteiger partial charge is 0.292 e. The van der Waals surface area contributed by atoms with Crippen molar-refractivity contribution in [3.8, 4) is 11.5 Å². The van der Waals surface area contributed by atoms with E-state index in [1.807, 2.05) is 38.1 Å². The topological polar surface area (TPSA) is 68.0 Å². The number of hydrogen-bond acceptors (Lipinski definition) is 4. The summed E-state index contributed by atoms with van der Waals surface area (Å²) in [7, 11) is 0. The molecule has 122 valence electrons. The molecule has 1 aromatic heterocycles. The number of aryl methyl sites for hydroxylation is 2. The van der Waals surface area contributed by atoms with Crippen LogP contribution in [0.3, 0.4) is 0 Å². The summed E-state index contributed by atoms with van der Waals surface area (Å²) in [5.74, 6) is 0.0670. The zero-order chi connectivity index (χ0) is 16.9. The van der Waals surface area contributed by atoms with Gasteiger partial charge in [-0.3, -0.25) is 4.79 Å². The van der Waals surface area contributed by atoms with Gasteiger partial charge in [0.1, 0.15) is 0 Å². The molecule has 0 aliphatic heterocycles. The molecule has 3 aromatic rings. The molecule has 0 saturated carbocycles. The Labute approximate surface area is 140 Å². The van der Waals surface area contributed by atoms with Gasteiger partial charge in [0.15, 0.2) is 0 Å². The third kappa shape index (κ3) is 3.87. The second-order valence-corrected chi connectivity index (χ2v) is 5.78. The Morgan fingerprint density at radius 1 is 1.00 bits per heavy atom. The van der Waals surface area contributed by atoms with Crippen LogP contribution in [0.1, 0.15) is 27.3 Å². The number of amides is 1. The van der Waals surface area contributed by atoms with Gasteiger partial charge in [0.25, 0.3) is 17.6 Å². The molecule has 0 unspecified atom stereocenters. The second kappa shape index (κ2) is 7.08. The standard InChI is InChI=1S/C19H19N3O2/c1-13-3-7-15(8-4-13)11-12-20-18(23)17-21-19(24-22-17)16-9-5-14(2)6-10-16/h3-10H,11-12H2,1-2H3,(H,20,23). The van der Waals surface area contributed by atoms with Gasteiger partial charge in [-0.25, -0.2) is 0 Å².